The van der Waals surface area contributed by atoms with E-state index >= 15 is 0 Å². The minimum absolute atomic E-state index is 0.151. The Bertz CT molecular complexity index is 503. The van der Waals surface area contributed by atoms with Crippen LogP contribution < -0.4 is 19.5 Å². The summed E-state index contributed by atoms with van der Waals surface area (Å²) in [5.74, 6) is 0.314. The molecule has 6 nitrogen and oxygen atoms in total. The van der Waals surface area contributed by atoms with Gasteiger partial charge in [0.25, 0.3) is 0 Å². The molecule has 0 amide bonds. The van der Waals surface area contributed by atoms with Gasteiger partial charge < -0.3 is 24.6 Å². The predicted octanol–water partition coefficient (Wildman–Crippen LogP) is 1.10. The molecule has 2 rings (SSSR count). The summed E-state index contributed by atoms with van der Waals surface area (Å²) in [7, 11) is 4.66. The van der Waals surface area contributed by atoms with Gasteiger partial charge in [-0.05, 0) is 6.07 Å². The third kappa shape index (κ3) is 2.51. The molecule has 1 heterocycles. The first-order valence-electron chi connectivity index (χ1n) is 6.35. The van der Waals surface area contributed by atoms with Crippen LogP contribution in [0.5, 0.6) is 17.2 Å². The fraction of sp³-hybridized carbons (Fsp3) is 0.500. The van der Waals surface area contributed by atoms with Crippen molar-refractivity contribution in [3.63, 3.8) is 0 Å². The summed E-state index contributed by atoms with van der Waals surface area (Å²) in [4.78, 5) is 11.3. The van der Waals surface area contributed by atoms with Crippen LogP contribution in [0.25, 0.3) is 0 Å². The van der Waals surface area contributed by atoms with Crippen molar-refractivity contribution in [2.75, 3.05) is 34.4 Å². The molecular formula is C14H19NO5. The first-order valence-corrected chi connectivity index (χ1v) is 6.35. The van der Waals surface area contributed by atoms with Crippen LogP contribution in [-0.4, -0.2) is 45.5 Å². The Kier molecular flexibility index (Phi) is 4.34. The molecular weight excluding hydrogens is 262 g/mol. The van der Waals surface area contributed by atoms with E-state index in [1.807, 2.05) is 0 Å². The standard InChI is InChI=1S/C14H19NO5/c1-18-11-5-13(20-3)12(19-2)4-8(11)9-6-15-7-10(9)14(16)17/h4-5,9-10,15H,6-7H2,1-3H3,(H,16,17). The second-order valence-corrected chi connectivity index (χ2v) is 4.66. The fourth-order valence-electron chi connectivity index (χ4n) is 2.61. The van der Waals surface area contributed by atoms with E-state index in [4.69, 9.17) is 14.2 Å². The quantitative estimate of drug-likeness (QED) is 0.841. The predicted molar refractivity (Wildman–Crippen MR) is 72.8 cm³/mol. The lowest BCUT2D eigenvalue weighted by Gasteiger charge is -2.20. The zero-order valence-corrected chi connectivity index (χ0v) is 11.8. The van der Waals surface area contributed by atoms with E-state index in [1.54, 1.807) is 33.5 Å². The van der Waals surface area contributed by atoms with Gasteiger partial charge >= 0.3 is 5.97 Å². The molecule has 0 aromatic heterocycles. The summed E-state index contributed by atoms with van der Waals surface area (Å²) in [6.07, 6.45) is 0. The Balaban J connectivity index is 2.46. The molecule has 2 atom stereocenters. The van der Waals surface area contributed by atoms with E-state index in [1.165, 1.54) is 0 Å². The van der Waals surface area contributed by atoms with Crippen molar-refractivity contribution < 1.29 is 24.1 Å². The molecule has 0 spiro atoms. The number of hydrogen-bond acceptors (Lipinski definition) is 5. The molecule has 20 heavy (non-hydrogen) atoms. The monoisotopic (exact) mass is 281 g/mol. The molecule has 6 heteroatoms. The highest BCUT2D eigenvalue weighted by Gasteiger charge is 2.36. The Morgan fingerprint density at radius 1 is 1.10 bits per heavy atom. The molecule has 2 N–H and O–H groups in total. The van der Waals surface area contributed by atoms with Gasteiger partial charge in [0.1, 0.15) is 5.75 Å². The summed E-state index contributed by atoms with van der Waals surface area (Å²) in [6.45, 7) is 1.06. The van der Waals surface area contributed by atoms with Crippen LogP contribution >= 0.6 is 0 Å². The fourth-order valence-corrected chi connectivity index (χ4v) is 2.61. The first-order chi connectivity index (χ1) is 9.62. The lowest BCUT2D eigenvalue weighted by molar-refractivity contribution is -0.141. The van der Waals surface area contributed by atoms with Crippen molar-refractivity contribution in [1.82, 2.24) is 5.32 Å². The van der Waals surface area contributed by atoms with Crippen molar-refractivity contribution in [3.05, 3.63) is 17.7 Å². The van der Waals surface area contributed by atoms with Gasteiger partial charge in [-0.25, -0.2) is 0 Å². The van der Waals surface area contributed by atoms with Crippen molar-refractivity contribution in [1.29, 1.82) is 0 Å². The largest absolute Gasteiger partial charge is 0.496 e. The molecule has 0 saturated carbocycles. The number of aliphatic carboxylic acids is 1. The Labute approximate surface area is 117 Å². The number of hydrogen-bond donors (Lipinski definition) is 2. The first kappa shape index (κ1) is 14.5. The van der Waals surface area contributed by atoms with Crippen LogP contribution in [0.3, 0.4) is 0 Å². The number of carboxylic acids is 1. The number of carboxylic acid groups (broad SMARTS) is 1. The van der Waals surface area contributed by atoms with E-state index in [0.717, 1.165) is 5.56 Å². The molecule has 1 aliphatic rings. The summed E-state index contributed by atoms with van der Waals surface area (Å²) >= 11 is 0. The van der Waals surface area contributed by atoms with Crippen molar-refractivity contribution in [2.45, 2.75) is 5.92 Å². The van der Waals surface area contributed by atoms with E-state index in [-0.39, 0.29) is 5.92 Å². The van der Waals surface area contributed by atoms with Gasteiger partial charge in [-0.1, -0.05) is 0 Å². The zero-order chi connectivity index (χ0) is 14.7. The maximum Gasteiger partial charge on any atom is 0.308 e. The van der Waals surface area contributed by atoms with Gasteiger partial charge in [0.15, 0.2) is 11.5 Å². The van der Waals surface area contributed by atoms with Gasteiger partial charge in [-0.2, -0.15) is 0 Å². The molecule has 0 radical (unpaired) electrons. The van der Waals surface area contributed by atoms with Crippen molar-refractivity contribution in [2.24, 2.45) is 5.92 Å². The maximum atomic E-state index is 11.3. The Morgan fingerprint density at radius 2 is 1.70 bits per heavy atom. The topological polar surface area (TPSA) is 77.0 Å². The van der Waals surface area contributed by atoms with Crippen LogP contribution in [0, 0.1) is 5.92 Å². The van der Waals surface area contributed by atoms with Crippen LogP contribution in [0.1, 0.15) is 11.5 Å². The summed E-state index contributed by atoms with van der Waals surface area (Å²) in [5.41, 5.74) is 0.822. The molecule has 1 aromatic rings. The van der Waals surface area contributed by atoms with Gasteiger partial charge in [0, 0.05) is 30.6 Å². The molecule has 1 aliphatic heterocycles. The molecule has 2 unspecified atom stereocenters. The van der Waals surface area contributed by atoms with Gasteiger partial charge in [-0.3, -0.25) is 4.79 Å². The molecule has 110 valence electrons. The third-order valence-electron chi connectivity index (χ3n) is 3.67. The summed E-state index contributed by atoms with van der Waals surface area (Å²) < 4.78 is 15.9. The van der Waals surface area contributed by atoms with Crippen molar-refractivity contribution in [3.8, 4) is 17.2 Å². The molecule has 0 aliphatic carbocycles. The average Bonchev–Trinajstić information content (AvgIpc) is 2.95. The lowest BCUT2D eigenvalue weighted by atomic mass is 9.88. The number of benzene rings is 1. The van der Waals surface area contributed by atoms with E-state index < -0.39 is 11.9 Å². The van der Waals surface area contributed by atoms with Crippen LogP contribution in [-0.2, 0) is 4.79 Å². The smallest absolute Gasteiger partial charge is 0.308 e. The second kappa shape index (κ2) is 6.00. The molecule has 1 aromatic carbocycles. The third-order valence-corrected chi connectivity index (χ3v) is 3.67. The lowest BCUT2D eigenvalue weighted by Crippen LogP contribution is -2.21. The Hall–Kier alpha value is -1.95. The highest BCUT2D eigenvalue weighted by atomic mass is 16.5. The number of carbonyl (C=O) groups is 1. The van der Waals surface area contributed by atoms with Crippen LogP contribution in [0.15, 0.2) is 12.1 Å². The summed E-state index contributed by atoms with van der Waals surface area (Å²) in [5, 5.41) is 12.4. The van der Waals surface area contributed by atoms with Crippen molar-refractivity contribution >= 4 is 5.97 Å². The highest BCUT2D eigenvalue weighted by molar-refractivity contribution is 5.73. The van der Waals surface area contributed by atoms with Gasteiger partial charge in [-0.15, -0.1) is 0 Å². The highest BCUT2D eigenvalue weighted by Crippen LogP contribution is 2.41. The normalized spacial score (nSPS) is 21.6. The van der Waals surface area contributed by atoms with E-state index in [0.29, 0.717) is 30.3 Å². The van der Waals surface area contributed by atoms with Crippen LogP contribution in [0.4, 0.5) is 0 Å². The number of methoxy groups -OCH3 is 3. The molecule has 0 bridgehead atoms. The zero-order valence-electron chi connectivity index (χ0n) is 11.8. The van der Waals surface area contributed by atoms with E-state index in [9.17, 15) is 9.90 Å². The van der Waals surface area contributed by atoms with Gasteiger partial charge in [0.2, 0.25) is 0 Å². The number of rotatable bonds is 5. The number of nitrogens with one attached hydrogen (secondary N) is 1. The SMILES string of the molecule is COc1cc(OC)c(C2CNCC2C(=O)O)cc1OC. The number of ether oxygens (including phenoxy) is 3. The summed E-state index contributed by atoms with van der Waals surface area (Å²) in [6, 6.07) is 3.52. The average molecular weight is 281 g/mol. The van der Waals surface area contributed by atoms with E-state index in [2.05, 4.69) is 5.32 Å². The van der Waals surface area contributed by atoms with Gasteiger partial charge in [0.05, 0.1) is 27.2 Å². The molecule has 1 fully saturated rings. The minimum Gasteiger partial charge on any atom is -0.496 e. The van der Waals surface area contributed by atoms with Crippen LogP contribution in [0.2, 0.25) is 0 Å². The maximum absolute atomic E-state index is 11.3. The molecule has 1 saturated heterocycles. The minimum atomic E-state index is -0.808. The second-order valence-electron chi connectivity index (χ2n) is 4.66. The Morgan fingerprint density at radius 3 is 2.25 bits per heavy atom.